The molecule has 0 radical (unpaired) electrons. The normalized spacial score (nSPS) is 11.9. The van der Waals surface area contributed by atoms with E-state index in [-0.39, 0.29) is 18.4 Å². The van der Waals surface area contributed by atoms with Crippen LogP contribution in [-0.2, 0) is 22.7 Å². The highest BCUT2D eigenvalue weighted by Crippen LogP contribution is 2.14. The van der Waals surface area contributed by atoms with Crippen molar-refractivity contribution in [3.63, 3.8) is 0 Å². The number of aromatic nitrogens is 4. The molecular weight excluding hydrogens is 338 g/mol. The Morgan fingerprint density at radius 2 is 1.92 bits per heavy atom. The molecule has 0 fully saturated rings. The third-order valence-electron chi connectivity index (χ3n) is 3.80. The van der Waals surface area contributed by atoms with Crippen LogP contribution >= 0.6 is 0 Å². The Morgan fingerprint density at radius 1 is 1.23 bits per heavy atom. The molecule has 1 N–H and O–H groups in total. The van der Waals surface area contributed by atoms with Gasteiger partial charge in [-0.3, -0.25) is 4.79 Å². The Morgan fingerprint density at radius 3 is 2.50 bits per heavy atom. The zero-order chi connectivity index (χ0) is 19.1. The van der Waals surface area contributed by atoms with Gasteiger partial charge in [0.2, 0.25) is 0 Å². The number of amides is 1. The molecule has 0 aliphatic carbocycles. The van der Waals surface area contributed by atoms with E-state index < -0.39 is 12.0 Å². The Bertz CT molecular complexity index is 742. The summed E-state index contributed by atoms with van der Waals surface area (Å²) in [5, 5.41) is 14.0. The van der Waals surface area contributed by atoms with Gasteiger partial charge >= 0.3 is 5.97 Å². The van der Waals surface area contributed by atoms with Gasteiger partial charge in [0, 0.05) is 12.1 Å². The number of hydrogen-bond donors (Lipinski definition) is 1. The van der Waals surface area contributed by atoms with E-state index in [1.807, 2.05) is 20.8 Å². The lowest BCUT2D eigenvalue weighted by atomic mass is 10.0. The number of nitrogens with one attached hydrogen (secondary N) is 1. The lowest BCUT2D eigenvalue weighted by Crippen LogP contribution is -2.45. The van der Waals surface area contributed by atoms with Gasteiger partial charge in [0.25, 0.3) is 5.91 Å². The van der Waals surface area contributed by atoms with Gasteiger partial charge in [0.1, 0.15) is 18.4 Å². The first-order valence-corrected chi connectivity index (χ1v) is 8.32. The molecule has 9 heteroatoms. The smallest absolute Gasteiger partial charge is 0.328 e. The molecule has 1 aromatic carbocycles. The van der Waals surface area contributed by atoms with Crippen LogP contribution in [0.1, 0.15) is 37.0 Å². The van der Waals surface area contributed by atoms with Gasteiger partial charge in [-0.05, 0) is 47.5 Å². The number of ether oxygens (including phenoxy) is 2. The first kappa shape index (κ1) is 19.4. The summed E-state index contributed by atoms with van der Waals surface area (Å²) in [5.74, 6) is 0.295. The van der Waals surface area contributed by atoms with Gasteiger partial charge in [-0.2, -0.15) is 0 Å². The number of esters is 1. The highest BCUT2D eigenvalue weighted by Gasteiger charge is 2.25. The summed E-state index contributed by atoms with van der Waals surface area (Å²) in [7, 11) is 1.30. The number of aryl methyl sites for hydroxylation is 1. The molecule has 0 saturated heterocycles. The van der Waals surface area contributed by atoms with Crippen LogP contribution in [0.15, 0.2) is 24.3 Å². The van der Waals surface area contributed by atoms with Crippen molar-refractivity contribution in [2.75, 3.05) is 7.11 Å². The Kier molecular flexibility index (Phi) is 6.65. The van der Waals surface area contributed by atoms with Crippen LogP contribution in [0.3, 0.4) is 0 Å². The van der Waals surface area contributed by atoms with Crippen molar-refractivity contribution in [3.05, 3.63) is 35.7 Å². The van der Waals surface area contributed by atoms with Crippen molar-refractivity contribution >= 4 is 11.9 Å². The van der Waals surface area contributed by atoms with Gasteiger partial charge in [0.05, 0.1) is 7.11 Å². The first-order valence-electron chi connectivity index (χ1n) is 8.32. The van der Waals surface area contributed by atoms with Crippen LogP contribution in [0.25, 0.3) is 0 Å². The fraction of sp³-hybridized carbons (Fsp3) is 0.471. The molecule has 0 aliphatic heterocycles. The van der Waals surface area contributed by atoms with Crippen LogP contribution in [0.5, 0.6) is 5.75 Å². The van der Waals surface area contributed by atoms with Crippen molar-refractivity contribution in [3.8, 4) is 5.75 Å². The highest BCUT2D eigenvalue weighted by atomic mass is 16.5. The van der Waals surface area contributed by atoms with Crippen molar-refractivity contribution in [2.24, 2.45) is 5.92 Å². The van der Waals surface area contributed by atoms with E-state index >= 15 is 0 Å². The number of carbonyl (C=O) groups excluding carboxylic acids is 2. The molecule has 140 valence electrons. The average Bonchev–Trinajstić information content (AvgIpc) is 3.11. The Balaban J connectivity index is 1.97. The van der Waals surface area contributed by atoms with Crippen molar-refractivity contribution < 1.29 is 19.1 Å². The van der Waals surface area contributed by atoms with Gasteiger partial charge in [-0.25, -0.2) is 9.48 Å². The number of benzene rings is 1. The molecule has 1 aromatic heterocycles. The number of methoxy groups -OCH3 is 1. The lowest BCUT2D eigenvalue weighted by Gasteiger charge is -2.19. The summed E-state index contributed by atoms with van der Waals surface area (Å²) < 4.78 is 12.0. The summed E-state index contributed by atoms with van der Waals surface area (Å²) in [6.45, 7) is 6.49. The van der Waals surface area contributed by atoms with Gasteiger partial charge < -0.3 is 14.8 Å². The van der Waals surface area contributed by atoms with E-state index in [4.69, 9.17) is 9.47 Å². The molecule has 1 unspecified atom stereocenters. The van der Waals surface area contributed by atoms with Gasteiger partial charge in [-0.1, -0.05) is 13.8 Å². The van der Waals surface area contributed by atoms with E-state index in [2.05, 4.69) is 20.8 Å². The van der Waals surface area contributed by atoms with Crippen LogP contribution < -0.4 is 10.1 Å². The zero-order valence-corrected chi connectivity index (χ0v) is 15.3. The summed E-state index contributed by atoms with van der Waals surface area (Å²) in [5.41, 5.74) is 0.422. The summed E-state index contributed by atoms with van der Waals surface area (Å²) in [4.78, 5) is 24.1. The molecule has 1 heterocycles. The molecule has 0 spiro atoms. The Labute approximate surface area is 151 Å². The van der Waals surface area contributed by atoms with Crippen LogP contribution in [0, 0.1) is 5.92 Å². The molecule has 9 nitrogen and oxygen atoms in total. The fourth-order valence-electron chi connectivity index (χ4n) is 2.27. The third kappa shape index (κ3) is 4.78. The molecule has 0 saturated carbocycles. The highest BCUT2D eigenvalue weighted by molar-refractivity contribution is 5.96. The van der Waals surface area contributed by atoms with E-state index in [0.29, 0.717) is 23.7 Å². The molecule has 0 bridgehead atoms. The largest absolute Gasteiger partial charge is 0.486 e. The van der Waals surface area contributed by atoms with Crippen molar-refractivity contribution in [1.82, 2.24) is 25.5 Å². The quantitative estimate of drug-likeness (QED) is 0.704. The number of rotatable bonds is 8. The predicted octanol–water partition coefficient (Wildman–Crippen LogP) is 1.20. The minimum Gasteiger partial charge on any atom is -0.486 e. The zero-order valence-electron chi connectivity index (χ0n) is 15.3. The van der Waals surface area contributed by atoms with E-state index in [9.17, 15) is 9.59 Å². The second kappa shape index (κ2) is 8.93. The van der Waals surface area contributed by atoms with Crippen LogP contribution in [-0.4, -0.2) is 45.2 Å². The van der Waals surface area contributed by atoms with Gasteiger partial charge in [0.15, 0.2) is 5.82 Å². The first-order chi connectivity index (χ1) is 12.5. The monoisotopic (exact) mass is 361 g/mol. The summed E-state index contributed by atoms with van der Waals surface area (Å²) >= 11 is 0. The average molecular weight is 361 g/mol. The second-order valence-corrected chi connectivity index (χ2v) is 5.94. The maximum atomic E-state index is 12.3. The topological polar surface area (TPSA) is 108 Å². The third-order valence-corrected chi connectivity index (χ3v) is 3.80. The number of nitrogens with zero attached hydrogens (tertiary/aromatic N) is 4. The van der Waals surface area contributed by atoms with Crippen molar-refractivity contribution in [1.29, 1.82) is 0 Å². The molecule has 2 aromatic rings. The molecule has 0 aliphatic rings. The fourth-order valence-corrected chi connectivity index (χ4v) is 2.27. The van der Waals surface area contributed by atoms with Crippen LogP contribution in [0.2, 0.25) is 0 Å². The minimum atomic E-state index is -0.698. The number of carbonyl (C=O) groups is 2. The second-order valence-electron chi connectivity index (χ2n) is 5.94. The molecule has 1 atom stereocenters. The maximum Gasteiger partial charge on any atom is 0.328 e. The maximum absolute atomic E-state index is 12.3. The number of hydrogen-bond acceptors (Lipinski definition) is 7. The van der Waals surface area contributed by atoms with Gasteiger partial charge in [-0.15, -0.1) is 5.10 Å². The van der Waals surface area contributed by atoms with E-state index in [0.717, 1.165) is 0 Å². The molecule has 1 amide bonds. The van der Waals surface area contributed by atoms with E-state index in [1.165, 1.54) is 7.11 Å². The predicted molar refractivity (Wildman–Crippen MR) is 92.4 cm³/mol. The molecular formula is C17H23N5O4. The SMILES string of the molecule is CCn1nnnc1COc1ccc(C(=O)NC(C(=O)OC)C(C)C)cc1. The molecule has 26 heavy (non-hydrogen) atoms. The van der Waals surface area contributed by atoms with E-state index in [1.54, 1.807) is 28.9 Å². The lowest BCUT2D eigenvalue weighted by molar-refractivity contribution is -0.144. The van der Waals surface area contributed by atoms with Crippen molar-refractivity contribution in [2.45, 2.75) is 40.0 Å². The number of tetrazole rings is 1. The molecule has 2 rings (SSSR count). The summed E-state index contributed by atoms with van der Waals surface area (Å²) in [6, 6.07) is 5.91. The summed E-state index contributed by atoms with van der Waals surface area (Å²) in [6.07, 6.45) is 0. The standard InChI is InChI=1S/C17H23N5O4/c1-5-22-14(19-20-21-22)10-26-13-8-6-12(7-9-13)16(23)18-15(11(2)3)17(24)25-4/h6-9,11,15H,5,10H2,1-4H3,(H,18,23). The van der Waals surface area contributed by atoms with Crippen LogP contribution in [0.4, 0.5) is 0 Å². The minimum absolute atomic E-state index is 0.0847. The Hall–Kier alpha value is -2.97.